The number of pyridine rings is 3. The maximum absolute atomic E-state index is 5.13. The molecule has 4 aromatic heterocycles. The second-order valence-corrected chi connectivity index (χ2v) is 12.2. The molecule has 0 amide bonds. The Kier molecular flexibility index (Phi) is 7.41. The van der Waals surface area contributed by atoms with Gasteiger partial charge in [-0.15, -0.1) is 0 Å². The van der Waals surface area contributed by atoms with Gasteiger partial charge in [0, 0.05) is 52.4 Å². The van der Waals surface area contributed by atoms with Gasteiger partial charge in [-0.25, -0.2) is 15.0 Å². The number of nitrogens with zero attached hydrogens (tertiary/aromatic N) is 5. The maximum atomic E-state index is 5.13. The molecule has 0 spiro atoms. The predicted octanol–water partition coefficient (Wildman–Crippen LogP) is 11.0. The Balaban J connectivity index is 1.13. The summed E-state index contributed by atoms with van der Waals surface area (Å²) in [5, 5.41) is 3.56. The second-order valence-electron chi connectivity index (χ2n) is 12.2. The molecule has 0 aliphatic rings. The number of rotatable bonds is 6. The predicted molar refractivity (Wildman–Crippen MR) is 203 cm³/mol. The van der Waals surface area contributed by atoms with E-state index in [-0.39, 0.29) is 0 Å². The summed E-state index contributed by atoms with van der Waals surface area (Å²) < 4.78 is 0. The van der Waals surface area contributed by atoms with Crippen LogP contribution in [0.1, 0.15) is 0 Å². The molecule has 5 heteroatoms. The molecule has 0 radical (unpaired) electrons. The first-order valence-corrected chi connectivity index (χ1v) is 16.6. The monoisotopic (exact) mass is 639 g/mol. The van der Waals surface area contributed by atoms with Gasteiger partial charge in [-0.1, -0.05) is 103 Å². The molecule has 0 fully saturated rings. The first-order chi connectivity index (χ1) is 24.8. The lowest BCUT2D eigenvalue weighted by Gasteiger charge is -2.14. The van der Waals surface area contributed by atoms with Gasteiger partial charge in [0.25, 0.3) is 0 Å². The van der Waals surface area contributed by atoms with E-state index in [4.69, 9.17) is 15.0 Å². The third-order valence-corrected chi connectivity index (χ3v) is 9.06. The zero-order chi connectivity index (χ0) is 33.3. The maximum Gasteiger partial charge on any atom is 0.161 e. The van der Waals surface area contributed by atoms with E-state index in [1.54, 1.807) is 18.6 Å². The van der Waals surface area contributed by atoms with Gasteiger partial charge in [0.15, 0.2) is 5.82 Å². The van der Waals surface area contributed by atoms with Crippen molar-refractivity contribution in [1.82, 2.24) is 24.9 Å². The molecule has 0 bridgehead atoms. The van der Waals surface area contributed by atoms with Crippen molar-refractivity contribution >= 4 is 21.7 Å². The van der Waals surface area contributed by atoms with Crippen molar-refractivity contribution in [2.24, 2.45) is 0 Å². The Morgan fingerprint density at radius 3 is 1.76 bits per heavy atom. The molecule has 9 aromatic rings. The smallest absolute Gasteiger partial charge is 0.161 e. The molecule has 234 valence electrons. The van der Waals surface area contributed by atoms with Crippen molar-refractivity contribution in [3.8, 4) is 67.4 Å². The highest BCUT2D eigenvalue weighted by atomic mass is 14.9. The first kappa shape index (κ1) is 29.3. The number of benzene rings is 5. The number of hydrogen-bond donors (Lipinski definition) is 0. The van der Waals surface area contributed by atoms with Crippen molar-refractivity contribution in [3.05, 3.63) is 176 Å². The average Bonchev–Trinajstić information content (AvgIpc) is 3.21. The standard InChI is InChI=1S/C45H29N5/c1-2-10-32(11-3-1)41-26-39(44-38-16-5-4-9-31(38)21-22-40(44)48-41)35-13-6-12-34(25-35)30-17-19-33(20-18-30)42-27-43(36-14-7-23-46-28-36)50-45(49-42)37-15-8-24-47-29-37/h1-29H. The fourth-order valence-electron chi connectivity index (χ4n) is 6.57. The normalized spacial score (nSPS) is 11.2. The fraction of sp³-hybridized carbons (Fsp3) is 0. The second kappa shape index (κ2) is 12.6. The molecule has 0 N–H and O–H groups in total. The van der Waals surface area contributed by atoms with Crippen LogP contribution >= 0.6 is 0 Å². The highest BCUT2D eigenvalue weighted by Crippen LogP contribution is 2.38. The van der Waals surface area contributed by atoms with Gasteiger partial charge in [0.1, 0.15) is 0 Å². The van der Waals surface area contributed by atoms with Gasteiger partial charge in [0.2, 0.25) is 0 Å². The molecule has 9 rings (SSSR count). The van der Waals surface area contributed by atoms with Gasteiger partial charge in [-0.3, -0.25) is 9.97 Å². The van der Waals surface area contributed by atoms with Gasteiger partial charge < -0.3 is 0 Å². The average molecular weight is 640 g/mol. The van der Waals surface area contributed by atoms with E-state index in [1.807, 2.05) is 42.6 Å². The Labute approximate surface area is 289 Å². The summed E-state index contributed by atoms with van der Waals surface area (Å²) in [7, 11) is 0. The summed E-state index contributed by atoms with van der Waals surface area (Å²) in [6.45, 7) is 0. The zero-order valence-corrected chi connectivity index (χ0v) is 27.0. The van der Waals surface area contributed by atoms with Gasteiger partial charge in [-0.2, -0.15) is 0 Å². The van der Waals surface area contributed by atoms with E-state index < -0.39 is 0 Å². The van der Waals surface area contributed by atoms with Crippen molar-refractivity contribution < 1.29 is 0 Å². The van der Waals surface area contributed by atoms with Crippen LogP contribution in [0.3, 0.4) is 0 Å². The Morgan fingerprint density at radius 2 is 0.980 bits per heavy atom. The van der Waals surface area contributed by atoms with E-state index in [2.05, 4.69) is 125 Å². The van der Waals surface area contributed by atoms with Crippen LogP contribution in [-0.2, 0) is 0 Å². The number of hydrogen-bond acceptors (Lipinski definition) is 5. The Bertz CT molecular complexity index is 2560. The molecule has 0 aliphatic heterocycles. The van der Waals surface area contributed by atoms with E-state index in [0.717, 1.165) is 72.5 Å². The molecule has 0 saturated heterocycles. The van der Waals surface area contributed by atoms with Gasteiger partial charge in [0.05, 0.1) is 22.6 Å². The topological polar surface area (TPSA) is 64.5 Å². The van der Waals surface area contributed by atoms with Crippen LogP contribution in [0, 0.1) is 0 Å². The van der Waals surface area contributed by atoms with E-state index in [9.17, 15) is 0 Å². The van der Waals surface area contributed by atoms with Crippen LogP contribution < -0.4 is 0 Å². The molecule has 5 nitrogen and oxygen atoms in total. The summed E-state index contributed by atoms with van der Waals surface area (Å²) >= 11 is 0. The molecule has 0 unspecified atom stereocenters. The van der Waals surface area contributed by atoms with Crippen LogP contribution in [-0.4, -0.2) is 24.9 Å². The minimum Gasteiger partial charge on any atom is -0.264 e. The lowest BCUT2D eigenvalue weighted by Crippen LogP contribution is -1.96. The third-order valence-electron chi connectivity index (χ3n) is 9.06. The van der Waals surface area contributed by atoms with Crippen molar-refractivity contribution in [1.29, 1.82) is 0 Å². The van der Waals surface area contributed by atoms with E-state index in [0.29, 0.717) is 5.82 Å². The lowest BCUT2D eigenvalue weighted by atomic mass is 9.92. The summed E-state index contributed by atoms with van der Waals surface area (Å²) in [6.07, 6.45) is 7.14. The fourth-order valence-corrected chi connectivity index (χ4v) is 6.57. The molecule has 4 heterocycles. The largest absolute Gasteiger partial charge is 0.264 e. The van der Waals surface area contributed by atoms with Crippen molar-refractivity contribution in [2.75, 3.05) is 0 Å². The Hall–Kier alpha value is -6.85. The Morgan fingerprint density at radius 1 is 0.360 bits per heavy atom. The molecular weight excluding hydrogens is 611 g/mol. The quantitative estimate of drug-likeness (QED) is 0.169. The van der Waals surface area contributed by atoms with E-state index >= 15 is 0 Å². The lowest BCUT2D eigenvalue weighted by molar-refractivity contribution is 1.16. The van der Waals surface area contributed by atoms with Crippen LogP contribution in [0.2, 0.25) is 0 Å². The summed E-state index contributed by atoms with van der Waals surface area (Å²) in [6, 6.07) is 52.7. The van der Waals surface area contributed by atoms with E-state index in [1.165, 1.54) is 10.8 Å². The first-order valence-electron chi connectivity index (χ1n) is 16.6. The number of aromatic nitrogens is 5. The van der Waals surface area contributed by atoms with Crippen LogP contribution in [0.5, 0.6) is 0 Å². The summed E-state index contributed by atoms with van der Waals surface area (Å²) in [4.78, 5) is 23.6. The van der Waals surface area contributed by atoms with Crippen LogP contribution in [0.4, 0.5) is 0 Å². The number of fused-ring (bicyclic) bond motifs is 3. The van der Waals surface area contributed by atoms with Crippen LogP contribution in [0.15, 0.2) is 176 Å². The summed E-state index contributed by atoms with van der Waals surface area (Å²) in [5.41, 5.74) is 12.0. The molecule has 0 aliphatic carbocycles. The highest BCUT2D eigenvalue weighted by molar-refractivity contribution is 6.14. The van der Waals surface area contributed by atoms with Crippen molar-refractivity contribution in [3.63, 3.8) is 0 Å². The molecular formula is C45H29N5. The van der Waals surface area contributed by atoms with Crippen molar-refractivity contribution in [2.45, 2.75) is 0 Å². The van der Waals surface area contributed by atoms with Gasteiger partial charge >= 0.3 is 0 Å². The molecule has 0 saturated carbocycles. The van der Waals surface area contributed by atoms with Crippen LogP contribution in [0.25, 0.3) is 89.1 Å². The minimum atomic E-state index is 0.623. The zero-order valence-electron chi connectivity index (χ0n) is 27.0. The molecule has 50 heavy (non-hydrogen) atoms. The van der Waals surface area contributed by atoms with Gasteiger partial charge in [-0.05, 0) is 81.6 Å². The third kappa shape index (κ3) is 5.57. The SMILES string of the molecule is c1ccc(-c2cc(-c3cccc(-c4ccc(-c5cc(-c6cccnc6)nc(-c6cccnc6)n5)cc4)c3)c3c(ccc4ccccc43)n2)cc1. The molecule has 5 aromatic carbocycles. The minimum absolute atomic E-state index is 0.623. The molecule has 0 atom stereocenters. The highest BCUT2D eigenvalue weighted by Gasteiger charge is 2.15. The summed E-state index contributed by atoms with van der Waals surface area (Å²) in [5.74, 6) is 0.623.